The van der Waals surface area contributed by atoms with E-state index in [1.165, 1.54) is 0 Å². The van der Waals surface area contributed by atoms with E-state index in [-0.39, 0.29) is 30.9 Å². The molecule has 16 heavy (non-hydrogen) atoms. The monoisotopic (exact) mass is 229 g/mol. The number of carbonyl (C=O) groups excluding carboxylic acids is 2. The van der Waals surface area contributed by atoms with Crippen molar-refractivity contribution in [2.24, 2.45) is 0 Å². The van der Waals surface area contributed by atoms with Crippen LogP contribution in [-0.4, -0.2) is 48.9 Å². The van der Waals surface area contributed by atoms with Crippen LogP contribution in [0.15, 0.2) is 0 Å². The SMILES string of the molecule is CCNC(=O)CN(CC)CC(=O)NC(C)C. The van der Waals surface area contributed by atoms with Gasteiger partial charge < -0.3 is 10.6 Å². The molecule has 0 atom stereocenters. The van der Waals surface area contributed by atoms with Crippen LogP contribution in [0.25, 0.3) is 0 Å². The largest absolute Gasteiger partial charge is 0.355 e. The summed E-state index contributed by atoms with van der Waals surface area (Å²) in [5, 5.41) is 5.51. The van der Waals surface area contributed by atoms with Gasteiger partial charge in [0.1, 0.15) is 0 Å². The van der Waals surface area contributed by atoms with Gasteiger partial charge >= 0.3 is 0 Å². The molecule has 5 heteroatoms. The summed E-state index contributed by atoms with van der Waals surface area (Å²) in [6, 6.07) is 0.135. The number of hydrogen-bond acceptors (Lipinski definition) is 3. The Hall–Kier alpha value is -1.10. The van der Waals surface area contributed by atoms with Crippen molar-refractivity contribution in [1.82, 2.24) is 15.5 Å². The van der Waals surface area contributed by atoms with Crippen LogP contribution in [0.5, 0.6) is 0 Å². The first-order chi connectivity index (χ1) is 7.49. The zero-order chi connectivity index (χ0) is 12.6. The lowest BCUT2D eigenvalue weighted by molar-refractivity contribution is -0.125. The molecule has 0 fully saturated rings. The normalized spacial score (nSPS) is 10.6. The highest BCUT2D eigenvalue weighted by Gasteiger charge is 2.12. The molecule has 0 unspecified atom stereocenters. The van der Waals surface area contributed by atoms with Crippen LogP contribution in [0, 0.1) is 0 Å². The summed E-state index contributed by atoms with van der Waals surface area (Å²) in [6.07, 6.45) is 0. The highest BCUT2D eigenvalue weighted by Crippen LogP contribution is 1.88. The highest BCUT2D eigenvalue weighted by atomic mass is 16.2. The molecule has 0 spiro atoms. The van der Waals surface area contributed by atoms with Crippen molar-refractivity contribution in [2.45, 2.75) is 33.7 Å². The van der Waals surface area contributed by atoms with Gasteiger partial charge in [0.25, 0.3) is 0 Å². The first kappa shape index (κ1) is 14.9. The fraction of sp³-hybridized carbons (Fsp3) is 0.818. The minimum atomic E-state index is -0.0406. The lowest BCUT2D eigenvalue weighted by atomic mass is 10.3. The first-order valence-corrected chi connectivity index (χ1v) is 5.78. The molecule has 2 amide bonds. The van der Waals surface area contributed by atoms with E-state index < -0.39 is 0 Å². The number of nitrogens with zero attached hydrogens (tertiary/aromatic N) is 1. The molecule has 0 aromatic rings. The van der Waals surface area contributed by atoms with Crippen LogP contribution < -0.4 is 10.6 Å². The van der Waals surface area contributed by atoms with Crippen LogP contribution >= 0.6 is 0 Å². The smallest absolute Gasteiger partial charge is 0.234 e. The maximum Gasteiger partial charge on any atom is 0.234 e. The quantitative estimate of drug-likeness (QED) is 0.644. The first-order valence-electron chi connectivity index (χ1n) is 5.78. The molecule has 0 aliphatic heterocycles. The van der Waals surface area contributed by atoms with Crippen molar-refractivity contribution in [1.29, 1.82) is 0 Å². The van der Waals surface area contributed by atoms with Crippen LogP contribution in [0.1, 0.15) is 27.7 Å². The second-order valence-corrected chi connectivity index (χ2v) is 3.98. The molecule has 0 bridgehead atoms. The molecule has 0 radical (unpaired) electrons. The lowest BCUT2D eigenvalue weighted by Gasteiger charge is -2.19. The maximum atomic E-state index is 11.5. The zero-order valence-corrected chi connectivity index (χ0v) is 10.7. The van der Waals surface area contributed by atoms with Gasteiger partial charge in [-0.05, 0) is 27.3 Å². The van der Waals surface area contributed by atoms with E-state index in [0.29, 0.717) is 13.1 Å². The number of amides is 2. The third-order valence-electron chi connectivity index (χ3n) is 2.01. The minimum absolute atomic E-state index is 0.0401. The van der Waals surface area contributed by atoms with Crippen molar-refractivity contribution in [3.8, 4) is 0 Å². The zero-order valence-electron chi connectivity index (χ0n) is 10.7. The van der Waals surface area contributed by atoms with Crippen molar-refractivity contribution >= 4 is 11.8 Å². The van der Waals surface area contributed by atoms with Crippen molar-refractivity contribution in [3.63, 3.8) is 0 Å². The summed E-state index contributed by atoms with van der Waals surface area (Å²) >= 11 is 0. The van der Waals surface area contributed by atoms with Gasteiger partial charge in [-0.25, -0.2) is 0 Å². The Morgan fingerprint density at radius 3 is 2.12 bits per heavy atom. The van der Waals surface area contributed by atoms with E-state index in [2.05, 4.69) is 10.6 Å². The molecule has 0 saturated carbocycles. The second-order valence-electron chi connectivity index (χ2n) is 3.98. The Morgan fingerprint density at radius 2 is 1.69 bits per heavy atom. The van der Waals surface area contributed by atoms with Gasteiger partial charge in [0.2, 0.25) is 11.8 Å². The molecule has 0 aromatic heterocycles. The summed E-state index contributed by atoms with van der Waals surface area (Å²) in [6.45, 7) is 9.48. The van der Waals surface area contributed by atoms with E-state index in [4.69, 9.17) is 0 Å². The van der Waals surface area contributed by atoms with E-state index in [1.54, 1.807) is 0 Å². The third-order valence-corrected chi connectivity index (χ3v) is 2.01. The molecule has 0 heterocycles. The maximum absolute atomic E-state index is 11.5. The van der Waals surface area contributed by atoms with Gasteiger partial charge in [-0.3, -0.25) is 14.5 Å². The van der Waals surface area contributed by atoms with E-state index >= 15 is 0 Å². The summed E-state index contributed by atoms with van der Waals surface area (Å²) in [5.74, 6) is -0.0807. The van der Waals surface area contributed by atoms with Gasteiger partial charge in [-0.1, -0.05) is 6.92 Å². The van der Waals surface area contributed by atoms with E-state index in [0.717, 1.165) is 0 Å². The average molecular weight is 229 g/mol. The van der Waals surface area contributed by atoms with Crippen molar-refractivity contribution in [2.75, 3.05) is 26.2 Å². The Bertz CT molecular complexity index is 229. The van der Waals surface area contributed by atoms with Gasteiger partial charge in [0.05, 0.1) is 13.1 Å². The third kappa shape index (κ3) is 7.23. The number of carbonyl (C=O) groups is 2. The number of hydrogen-bond donors (Lipinski definition) is 2. The molecule has 5 nitrogen and oxygen atoms in total. The summed E-state index contributed by atoms with van der Waals surface area (Å²) in [4.78, 5) is 24.6. The Morgan fingerprint density at radius 1 is 1.12 bits per heavy atom. The number of likely N-dealkylation sites (N-methyl/N-ethyl adjacent to an activating group) is 2. The molecule has 94 valence electrons. The Kier molecular flexibility index (Phi) is 7.54. The molecule has 0 aliphatic carbocycles. The van der Waals surface area contributed by atoms with Gasteiger partial charge in [0, 0.05) is 12.6 Å². The van der Waals surface area contributed by atoms with Gasteiger partial charge in [-0.15, -0.1) is 0 Å². The van der Waals surface area contributed by atoms with Crippen LogP contribution in [0.3, 0.4) is 0 Å². The standard InChI is InChI=1S/C11H23N3O2/c1-5-12-10(15)7-14(6-2)8-11(16)13-9(3)4/h9H,5-8H2,1-4H3,(H,12,15)(H,13,16). The summed E-state index contributed by atoms with van der Waals surface area (Å²) in [5.41, 5.74) is 0. The van der Waals surface area contributed by atoms with Gasteiger partial charge in [-0.2, -0.15) is 0 Å². The van der Waals surface area contributed by atoms with Crippen LogP contribution in [0.2, 0.25) is 0 Å². The lowest BCUT2D eigenvalue weighted by Crippen LogP contribution is -2.44. The molecule has 0 saturated heterocycles. The summed E-state index contributed by atoms with van der Waals surface area (Å²) < 4.78 is 0. The molecule has 0 aromatic carbocycles. The predicted octanol–water partition coefficient (Wildman–Crippen LogP) is -0.0310. The fourth-order valence-corrected chi connectivity index (χ4v) is 1.31. The highest BCUT2D eigenvalue weighted by molar-refractivity contribution is 5.81. The minimum Gasteiger partial charge on any atom is -0.355 e. The second kappa shape index (κ2) is 8.10. The van der Waals surface area contributed by atoms with Crippen molar-refractivity contribution < 1.29 is 9.59 Å². The summed E-state index contributed by atoms with van der Waals surface area (Å²) in [7, 11) is 0. The fourth-order valence-electron chi connectivity index (χ4n) is 1.31. The molecule has 0 aliphatic rings. The van der Waals surface area contributed by atoms with Crippen LogP contribution in [-0.2, 0) is 9.59 Å². The molecular formula is C11H23N3O2. The van der Waals surface area contributed by atoms with Gasteiger partial charge in [0.15, 0.2) is 0 Å². The Balaban J connectivity index is 3.99. The van der Waals surface area contributed by atoms with Crippen molar-refractivity contribution in [3.05, 3.63) is 0 Å². The number of rotatable bonds is 7. The topological polar surface area (TPSA) is 61.4 Å². The average Bonchev–Trinajstić information content (AvgIpc) is 2.15. The predicted molar refractivity (Wildman–Crippen MR) is 64.1 cm³/mol. The molecule has 0 rings (SSSR count). The van der Waals surface area contributed by atoms with E-state index in [9.17, 15) is 9.59 Å². The molecular weight excluding hydrogens is 206 g/mol. The van der Waals surface area contributed by atoms with Crippen LogP contribution in [0.4, 0.5) is 0 Å². The number of nitrogens with one attached hydrogen (secondary N) is 2. The van der Waals surface area contributed by atoms with E-state index in [1.807, 2.05) is 32.6 Å². The Labute approximate surface area is 97.6 Å². The molecule has 2 N–H and O–H groups in total.